The fourth-order valence-corrected chi connectivity index (χ4v) is 4.15. The zero-order chi connectivity index (χ0) is 23.4. The predicted molar refractivity (Wildman–Crippen MR) is 130 cm³/mol. The van der Waals surface area contributed by atoms with Crippen molar-refractivity contribution in [1.82, 2.24) is 20.1 Å². The van der Waals surface area contributed by atoms with Crippen LogP contribution in [0.1, 0.15) is 61.4 Å². The molecule has 0 radical (unpaired) electrons. The van der Waals surface area contributed by atoms with Crippen LogP contribution in [0.3, 0.4) is 0 Å². The molecule has 1 amide bonds. The van der Waals surface area contributed by atoms with E-state index in [1.807, 2.05) is 54.0 Å². The minimum absolute atomic E-state index is 0.0500. The molecule has 3 aromatic rings. The third-order valence-corrected chi connectivity index (χ3v) is 5.98. The fourth-order valence-electron chi connectivity index (χ4n) is 4.03. The number of carbonyl (C=O) groups is 1. The summed E-state index contributed by atoms with van der Waals surface area (Å²) in [5.41, 5.74) is 3.44. The second kappa shape index (κ2) is 10.2. The van der Waals surface area contributed by atoms with Gasteiger partial charge in [-0.3, -0.25) is 14.4 Å². The summed E-state index contributed by atoms with van der Waals surface area (Å²) in [5, 5.41) is 12.4. The van der Waals surface area contributed by atoms with Gasteiger partial charge in [-0.15, -0.1) is 10.2 Å². The molecule has 1 N–H and O–H groups in total. The van der Waals surface area contributed by atoms with Gasteiger partial charge in [-0.25, -0.2) is 0 Å². The van der Waals surface area contributed by atoms with Gasteiger partial charge in [0.15, 0.2) is 5.82 Å². The van der Waals surface area contributed by atoms with E-state index < -0.39 is 6.04 Å². The minimum atomic E-state index is -0.485. The number of rotatable bonds is 8. The van der Waals surface area contributed by atoms with Crippen molar-refractivity contribution < 1.29 is 9.53 Å². The zero-order valence-electron chi connectivity index (χ0n) is 19.1. The van der Waals surface area contributed by atoms with Gasteiger partial charge in [0.1, 0.15) is 17.6 Å². The van der Waals surface area contributed by atoms with Crippen LogP contribution < -0.4 is 10.1 Å². The molecule has 33 heavy (non-hydrogen) atoms. The molecule has 0 spiro atoms. The normalized spacial score (nSPS) is 14.7. The molecule has 7 nitrogen and oxygen atoms in total. The number of ether oxygens (including phenoxy) is 1. The first-order valence-corrected chi connectivity index (χ1v) is 11.6. The number of nitrogens with one attached hydrogen (secondary N) is 1. The van der Waals surface area contributed by atoms with Crippen molar-refractivity contribution in [3.63, 3.8) is 0 Å². The van der Waals surface area contributed by atoms with Crippen molar-refractivity contribution in [2.24, 2.45) is 4.99 Å². The van der Waals surface area contributed by atoms with E-state index in [0.29, 0.717) is 17.4 Å². The predicted octanol–water partition coefficient (Wildman–Crippen LogP) is 4.83. The highest BCUT2D eigenvalue weighted by atomic mass is 35.5. The number of nitrogens with zero attached hydrogens (tertiary/aromatic N) is 4. The summed E-state index contributed by atoms with van der Waals surface area (Å²) >= 11 is 6.14. The number of amides is 1. The Kier molecular flexibility index (Phi) is 7.08. The quantitative estimate of drug-likeness (QED) is 0.483. The molecule has 1 aliphatic rings. The molecule has 0 saturated carbocycles. The first-order valence-electron chi connectivity index (χ1n) is 11.2. The largest absolute Gasteiger partial charge is 0.497 e. The summed E-state index contributed by atoms with van der Waals surface area (Å²) in [7, 11) is 1.64. The highest BCUT2D eigenvalue weighted by Gasteiger charge is 2.30. The van der Waals surface area contributed by atoms with Gasteiger partial charge in [-0.1, -0.05) is 43.5 Å². The van der Waals surface area contributed by atoms with Crippen molar-refractivity contribution in [3.8, 4) is 11.4 Å². The number of halogens is 1. The topological polar surface area (TPSA) is 81.4 Å². The molecule has 0 aliphatic carbocycles. The van der Waals surface area contributed by atoms with E-state index in [1.54, 1.807) is 7.11 Å². The SMILES string of the molecule is CCCCCNC(=O)C[C@H]1N=C(c2ccc(Cl)cc2)c2cc(OC)ccc2-n2c(C)nnc21. The fraction of sp³-hybridized carbons (Fsp3) is 0.360. The van der Waals surface area contributed by atoms with Crippen LogP contribution in [0.2, 0.25) is 5.02 Å². The van der Waals surface area contributed by atoms with Crippen molar-refractivity contribution >= 4 is 23.2 Å². The van der Waals surface area contributed by atoms with Crippen LogP contribution in [-0.2, 0) is 4.79 Å². The van der Waals surface area contributed by atoms with E-state index in [0.717, 1.165) is 53.4 Å². The molecule has 1 aliphatic heterocycles. The molecule has 0 unspecified atom stereocenters. The number of fused-ring (bicyclic) bond motifs is 3. The number of hydrogen-bond acceptors (Lipinski definition) is 5. The Morgan fingerprint density at radius 1 is 1.15 bits per heavy atom. The lowest BCUT2D eigenvalue weighted by molar-refractivity contribution is -0.121. The lowest BCUT2D eigenvalue weighted by Crippen LogP contribution is -2.26. The average Bonchev–Trinajstić information content (AvgIpc) is 3.14. The highest BCUT2D eigenvalue weighted by Crippen LogP contribution is 2.34. The number of aryl methyl sites for hydroxylation is 1. The van der Waals surface area contributed by atoms with Crippen LogP contribution in [0, 0.1) is 6.92 Å². The Labute approximate surface area is 198 Å². The molecule has 0 fully saturated rings. The molecule has 1 aromatic heterocycles. The van der Waals surface area contributed by atoms with Gasteiger partial charge in [0.25, 0.3) is 0 Å². The number of hydrogen-bond donors (Lipinski definition) is 1. The third-order valence-electron chi connectivity index (χ3n) is 5.73. The smallest absolute Gasteiger partial charge is 0.222 e. The second-order valence-corrected chi connectivity index (χ2v) is 8.52. The van der Waals surface area contributed by atoms with Gasteiger partial charge in [-0.2, -0.15) is 0 Å². The van der Waals surface area contributed by atoms with Crippen LogP contribution in [0.15, 0.2) is 47.5 Å². The lowest BCUT2D eigenvalue weighted by atomic mass is 10.00. The third kappa shape index (κ3) is 4.93. The van der Waals surface area contributed by atoms with Crippen LogP contribution in [0.4, 0.5) is 0 Å². The molecule has 1 atom stereocenters. The van der Waals surface area contributed by atoms with E-state index in [9.17, 15) is 4.79 Å². The van der Waals surface area contributed by atoms with E-state index in [2.05, 4.69) is 22.4 Å². The maximum atomic E-state index is 12.8. The molecule has 0 saturated heterocycles. The molecule has 2 aromatic carbocycles. The summed E-state index contributed by atoms with van der Waals surface area (Å²) < 4.78 is 7.48. The standard InChI is InChI=1S/C25H28ClN5O2/c1-4-5-6-13-27-23(32)15-21-25-30-29-16(2)31(25)22-12-11-19(33-3)14-20(22)24(28-21)17-7-9-18(26)10-8-17/h7-12,14,21H,4-6,13,15H2,1-3H3,(H,27,32)/t21-/m1/s1. The summed E-state index contributed by atoms with van der Waals surface area (Å²) in [6.45, 7) is 4.71. The van der Waals surface area contributed by atoms with E-state index >= 15 is 0 Å². The van der Waals surface area contributed by atoms with Gasteiger partial charge in [0.05, 0.1) is 24.9 Å². The Balaban J connectivity index is 1.80. The molecule has 4 rings (SSSR count). The number of aromatic nitrogens is 3. The Morgan fingerprint density at radius 3 is 2.67 bits per heavy atom. The van der Waals surface area contributed by atoms with Gasteiger partial charge < -0.3 is 10.1 Å². The van der Waals surface area contributed by atoms with Crippen LogP contribution >= 0.6 is 11.6 Å². The van der Waals surface area contributed by atoms with E-state index in [4.69, 9.17) is 21.3 Å². The average molecular weight is 466 g/mol. The lowest BCUT2D eigenvalue weighted by Gasteiger charge is -2.14. The van der Waals surface area contributed by atoms with Crippen LogP contribution in [0.25, 0.3) is 5.69 Å². The summed E-state index contributed by atoms with van der Waals surface area (Å²) in [4.78, 5) is 17.9. The van der Waals surface area contributed by atoms with Gasteiger partial charge >= 0.3 is 0 Å². The maximum absolute atomic E-state index is 12.8. The van der Waals surface area contributed by atoms with Gasteiger partial charge in [0, 0.05) is 22.7 Å². The molecule has 0 bridgehead atoms. The van der Waals surface area contributed by atoms with Gasteiger partial charge in [-0.05, 0) is 43.7 Å². The molecule has 8 heteroatoms. The number of methoxy groups -OCH3 is 1. The first kappa shape index (κ1) is 23.0. The number of carbonyl (C=O) groups excluding carboxylic acids is 1. The number of aliphatic imine (C=N–C) groups is 1. The second-order valence-electron chi connectivity index (χ2n) is 8.09. The molecule has 172 valence electrons. The van der Waals surface area contributed by atoms with Crippen LogP contribution in [0.5, 0.6) is 5.75 Å². The van der Waals surface area contributed by atoms with Crippen molar-refractivity contribution in [2.75, 3.05) is 13.7 Å². The Hall–Kier alpha value is -3.19. The van der Waals surface area contributed by atoms with Crippen LogP contribution in [-0.4, -0.2) is 40.0 Å². The van der Waals surface area contributed by atoms with Crippen molar-refractivity contribution in [1.29, 1.82) is 0 Å². The summed E-state index contributed by atoms with van der Waals surface area (Å²) in [5.74, 6) is 2.05. The Bertz CT molecular complexity index is 1170. The molecular weight excluding hydrogens is 438 g/mol. The summed E-state index contributed by atoms with van der Waals surface area (Å²) in [6.07, 6.45) is 3.35. The zero-order valence-corrected chi connectivity index (χ0v) is 19.9. The molecular formula is C25H28ClN5O2. The number of unbranched alkanes of at least 4 members (excludes halogenated alkanes) is 2. The van der Waals surface area contributed by atoms with Crippen molar-refractivity contribution in [2.45, 2.75) is 45.6 Å². The van der Waals surface area contributed by atoms with Crippen molar-refractivity contribution in [3.05, 3.63) is 70.3 Å². The summed E-state index contributed by atoms with van der Waals surface area (Å²) in [6, 6.07) is 12.9. The maximum Gasteiger partial charge on any atom is 0.222 e. The van der Waals surface area contributed by atoms with E-state index in [-0.39, 0.29) is 12.3 Å². The monoisotopic (exact) mass is 465 g/mol. The number of benzene rings is 2. The van der Waals surface area contributed by atoms with E-state index in [1.165, 1.54) is 0 Å². The Morgan fingerprint density at radius 2 is 1.94 bits per heavy atom. The molecule has 2 heterocycles. The minimum Gasteiger partial charge on any atom is -0.497 e. The first-order chi connectivity index (χ1) is 16.0. The van der Waals surface area contributed by atoms with Gasteiger partial charge in [0.2, 0.25) is 5.91 Å². The highest BCUT2D eigenvalue weighted by molar-refractivity contribution is 6.30.